The van der Waals surface area contributed by atoms with Crippen LogP contribution in [0, 0.1) is 11.3 Å². The third kappa shape index (κ3) is 2.00. The summed E-state index contributed by atoms with van der Waals surface area (Å²) in [5.41, 5.74) is 7.36. The number of benzene rings is 1. The summed E-state index contributed by atoms with van der Waals surface area (Å²) in [6, 6.07) is 7.53. The lowest BCUT2D eigenvalue weighted by Gasteiger charge is -2.08. The summed E-state index contributed by atoms with van der Waals surface area (Å²) in [7, 11) is 0. The number of fused-ring (bicyclic) bond motifs is 1. The van der Waals surface area contributed by atoms with Gasteiger partial charge in [0.1, 0.15) is 16.7 Å². The third-order valence-corrected chi connectivity index (χ3v) is 3.53. The van der Waals surface area contributed by atoms with Crippen LogP contribution in [0.1, 0.15) is 5.56 Å². The molecule has 20 heavy (non-hydrogen) atoms. The van der Waals surface area contributed by atoms with Gasteiger partial charge >= 0.3 is 0 Å². The van der Waals surface area contributed by atoms with E-state index in [9.17, 15) is 5.26 Å². The average Bonchev–Trinajstić information content (AvgIpc) is 2.93. The summed E-state index contributed by atoms with van der Waals surface area (Å²) < 4.78 is 10.6. The summed E-state index contributed by atoms with van der Waals surface area (Å²) in [6.45, 7) is 0.200. The van der Waals surface area contributed by atoms with Crippen molar-refractivity contribution in [2.75, 3.05) is 18.8 Å². The highest BCUT2D eigenvalue weighted by atomic mass is 32.2. The van der Waals surface area contributed by atoms with Gasteiger partial charge in [-0.2, -0.15) is 5.26 Å². The Morgan fingerprint density at radius 2 is 2.10 bits per heavy atom. The van der Waals surface area contributed by atoms with Gasteiger partial charge in [-0.25, -0.2) is 9.97 Å². The molecule has 2 N–H and O–H groups in total. The van der Waals surface area contributed by atoms with Crippen LogP contribution in [0.25, 0.3) is 11.3 Å². The summed E-state index contributed by atoms with van der Waals surface area (Å²) >= 11 is 1.36. The number of nitrogens with zero attached hydrogens (tertiary/aromatic N) is 3. The van der Waals surface area contributed by atoms with E-state index in [1.807, 2.05) is 12.3 Å². The molecule has 0 atom stereocenters. The smallest absolute Gasteiger partial charge is 0.231 e. The van der Waals surface area contributed by atoms with Gasteiger partial charge in [0.25, 0.3) is 0 Å². The van der Waals surface area contributed by atoms with Crippen molar-refractivity contribution in [2.24, 2.45) is 0 Å². The van der Waals surface area contributed by atoms with Crippen molar-refractivity contribution in [1.29, 1.82) is 5.26 Å². The number of anilines is 1. The number of hydrogen-bond donors (Lipinski definition) is 1. The Balaban J connectivity index is 2.19. The first-order chi connectivity index (χ1) is 9.72. The Labute approximate surface area is 119 Å². The standard InChI is InChI=1S/C13H10N4O2S/c1-20-12-8(5-14)11(16-13(15)17-12)7-2-3-9-10(4-7)19-6-18-9/h2-4H,6H2,1H3,(H2,15,16,17). The third-order valence-electron chi connectivity index (χ3n) is 2.84. The molecule has 0 spiro atoms. The second kappa shape index (κ2) is 4.90. The van der Waals surface area contributed by atoms with Crippen LogP contribution < -0.4 is 15.2 Å². The molecule has 1 aliphatic rings. The highest BCUT2D eigenvalue weighted by molar-refractivity contribution is 7.98. The summed E-state index contributed by atoms with van der Waals surface area (Å²) in [6.07, 6.45) is 1.84. The summed E-state index contributed by atoms with van der Waals surface area (Å²) in [4.78, 5) is 8.26. The van der Waals surface area contributed by atoms with E-state index in [4.69, 9.17) is 15.2 Å². The maximum Gasteiger partial charge on any atom is 0.231 e. The molecule has 0 saturated carbocycles. The minimum Gasteiger partial charge on any atom is -0.454 e. The van der Waals surface area contributed by atoms with Crippen molar-refractivity contribution in [3.05, 3.63) is 23.8 Å². The van der Waals surface area contributed by atoms with Crippen molar-refractivity contribution < 1.29 is 9.47 Å². The molecule has 2 aromatic rings. The molecule has 1 aromatic heterocycles. The van der Waals surface area contributed by atoms with Gasteiger partial charge in [0.05, 0.1) is 5.69 Å². The first-order valence-corrected chi connectivity index (χ1v) is 6.97. The molecule has 2 heterocycles. The maximum absolute atomic E-state index is 9.34. The highest BCUT2D eigenvalue weighted by Gasteiger charge is 2.18. The lowest BCUT2D eigenvalue weighted by atomic mass is 10.1. The van der Waals surface area contributed by atoms with E-state index in [2.05, 4.69) is 16.0 Å². The van der Waals surface area contributed by atoms with Crippen LogP contribution in [0.15, 0.2) is 23.2 Å². The number of aromatic nitrogens is 2. The quantitative estimate of drug-likeness (QED) is 0.666. The number of ether oxygens (including phenoxy) is 2. The lowest BCUT2D eigenvalue weighted by Crippen LogP contribution is -2.02. The van der Waals surface area contributed by atoms with E-state index in [0.29, 0.717) is 27.8 Å². The zero-order valence-corrected chi connectivity index (χ0v) is 11.4. The predicted octanol–water partition coefficient (Wildman–Crippen LogP) is 2.05. The van der Waals surface area contributed by atoms with Crippen molar-refractivity contribution in [1.82, 2.24) is 9.97 Å². The van der Waals surface area contributed by atoms with Crippen molar-refractivity contribution in [3.63, 3.8) is 0 Å². The van der Waals surface area contributed by atoms with Crippen LogP contribution in [0.3, 0.4) is 0 Å². The molecule has 0 radical (unpaired) electrons. The van der Waals surface area contributed by atoms with Gasteiger partial charge in [-0.15, -0.1) is 11.8 Å². The van der Waals surface area contributed by atoms with Crippen LogP contribution in [0.5, 0.6) is 11.5 Å². The number of nitrogens with two attached hydrogens (primary N) is 1. The fourth-order valence-corrected chi connectivity index (χ4v) is 2.49. The van der Waals surface area contributed by atoms with Gasteiger partial charge in [0.2, 0.25) is 12.7 Å². The Bertz CT molecular complexity index is 727. The molecule has 0 aliphatic carbocycles. The molecule has 0 unspecified atom stereocenters. The normalized spacial score (nSPS) is 12.2. The minimum absolute atomic E-state index is 0.140. The number of nitrogen functional groups attached to an aromatic ring is 1. The van der Waals surface area contributed by atoms with E-state index in [-0.39, 0.29) is 12.7 Å². The average molecular weight is 286 g/mol. The van der Waals surface area contributed by atoms with Gasteiger partial charge in [-0.1, -0.05) is 0 Å². The first-order valence-electron chi connectivity index (χ1n) is 5.74. The zero-order valence-electron chi connectivity index (χ0n) is 10.6. The fourth-order valence-electron chi connectivity index (χ4n) is 1.96. The topological polar surface area (TPSA) is 94.1 Å². The number of rotatable bonds is 2. The van der Waals surface area contributed by atoms with Gasteiger partial charge < -0.3 is 15.2 Å². The maximum atomic E-state index is 9.34. The van der Waals surface area contributed by atoms with Crippen LogP contribution in [0.4, 0.5) is 5.95 Å². The van der Waals surface area contributed by atoms with Gasteiger partial charge in [-0.05, 0) is 24.5 Å². The minimum atomic E-state index is 0.140. The largest absolute Gasteiger partial charge is 0.454 e. The molecule has 6 nitrogen and oxygen atoms in total. The van der Waals surface area contributed by atoms with E-state index < -0.39 is 0 Å². The number of nitriles is 1. The van der Waals surface area contributed by atoms with Crippen LogP contribution in [-0.4, -0.2) is 23.0 Å². The van der Waals surface area contributed by atoms with Crippen LogP contribution in [-0.2, 0) is 0 Å². The van der Waals surface area contributed by atoms with Crippen molar-refractivity contribution in [3.8, 4) is 28.8 Å². The molecule has 0 bridgehead atoms. The molecule has 0 amide bonds. The molecular weight excluding hydrogens is 276 g/mol. The zero-order chi connectivity index (χ0) is 14.1. The molecule has 0 fully saturated rings. The van der Waals surface area contributed by atoms with Crippen LogP contribution >= 0.6 is 11.8 Å². The number of hydrogen-bond acceptors (Lipinski definition) is 7. The van der Waals surface area contributed by atoms with Crippen molar-refractivity contribution in [2.45, 2.75) is 5.03 Å². The highest BCUT2D eigenvalue weighted by Crippen LogP contribution is 2.37. The van der Waals surface area contributed by atoms with E-state index in [1.54, 1.807) is 12.1 Å². The second-order valence-corrected chi connectivity index (χ2v) is 4.79. The second-order valence-electron chi connectivity index (χ2n) is 3.99. The van der Waals surface area contributed by atoms with Gasteiger partial charge in [0, 0.05) is 5.56 Å². The predicted molar refractivity (Wildman–Crippen MR) is 74.5 cm³/mol. The molecule has 1 aliphatic heterocycles. The molecule has 100 valence electrons. The van der Waals surface area contributed by atoms with Crippen LogP contribution in [0.2, 0.25) is 0 Å². The molecule has 7 heteroatoms. The Hall–Kier alpha value is -2.46. The molecule has 0 saturated heterocycles. The molecular formula is C13H10N4O2S. The summed E-state index contributed by atoms with van der Waals surface area (Å²) in [5, 5.41) is 9.90. The van der Waals surface area contributed by atoms with Gasteiger partial charge in [-0.3, -0.25) is 0 Å². The van der Waals surface area contributed by atoms with Crippen molar-refractivity contribution >= 4 is 17.7 Å². The fraction of sp³-hybridized carbons (Fsp3) is 0.154. The SMILES string of the molecule is CSc1nc(N)nc(-c2ccc3c(c2)OCO3)c1C#N. The monoisotopic (exact) mass is 286 g/mol. The Kier molecular flexibility index (Phi) is 3.08. The summed E-state index contributed by atoms with van der Waals surface area (Å²) in [5.74, 6) is 1.45. The Morgan fingerprint density at radius 1 is 1.30 bits per heavy atom. The Morgan fingerprint density at radius 3 is 2.85 bits per heavy atom. The van der Waals surface area contributed by atoms with E-state index in [0.717, 1.165) is 5.56 Å². The molecule has 1 aromatic carbocycles. The molecule has 3 rings (SSSR count). The number of thioether (sulfide) groups is 1. The van der Waals surface area contributed by atoms with E-state index >= 15 is 0 Å². The lowest BCUT2D eigenvalue weighted by molar-refractivity contribution is 0.174. The van der Waals surface area contributed by atoms with Gasteiger partial charge in [0.15, 0.2) is 11.5 Å². The van der Waals surface area contributed by atoms with E-state index in [1.165, 1.54) is 11.8 Å². The first kappa shape index (κ1) is 12.6.